The van der Waals surface area contributed by atoms with Crippen molar-refractivity contribution in [3.05, 3.63) is 69.8 Å². The molecule has 2 aliphatic rings. The number of piperidine rings is 1. The summed E-state index contributed by atoms with van der Waals surface area (Å²) in [4.78, 5) is 13.0. The zero-order chi connectivity index (χ0) is 18.9. The highest BCUT2D eigenvalue weighted by molar-refractivity contribution is 5.35. The second-order valence-corrected chi connectivity index (χ2v) is 8.04. The molecule has 142 valence electrons. The van der Waals surface area contributed by atoms with Gasteiger partial charge in [-0.25, -0.2) is 0 Å². The van der Waals surface area contributed by atoms with Gasteiger partial charge in [-0.1, -0.05) is 30.7 Å². The molecule has 2 aromatic rings. The van der Waals surface area contributed by atoms with Crippen LogP contribution in [0.3, 0.4) is 0 Å². The van der Waals surface area contributed by atoms with Crippen LogP contribution in [0.15, 0.2) is 48.5 Å². The molecule has 1 saturated heterocycles. The summed E-state index contributed by atoms with van der Waals surface area (Å²) in [6.45, 7) is 2.08. The molecule has 2 fully saturated rings. The highest BCUT2D eigenvalue weighted by Gasteiger charge is 2.43. The van der Waals surface area contributed by atoms with E-state index in [2.05, 4.69) is 11.0 Å². The number of non-ortho nitro benzene ring substituents is 1. The summed E-state index contributed by atoms with van der Waals surface area (Å²) in [5, 5.41) is 20.7. The number of likely N-dealkylation sites (tertiary alicyclic amines) is 1. The molecule has 0 unspecified atom stereocenters. The Morgan fingerprint density at radius 2 is 2.00 bits per heavy atom. The Bertz CT molecular complexity index is 821. The summed E-state index contributed by atoms with van der Waals surface area (Å²) < 4.78 is 0. The van der Waals surface area contributed by atoms with Crippen molar-refractivity contribution in [1.29, 1.82) is 0 Å². The van der Waals surface area contributed by atoms with Crippen molar-refractivity contribution in [2.24, 2.45) is 0 Å². The van der Waals surface area contributed by atoms with Crippen LogP contribution in [-0.4, -0.2) is 34.1 Å². The van der Waals surface area contributed by atoms with Crippen LogP contribution in [0.4, 0.5) is 5.69 Å². The molecule has 4 rings (SSSR count). The zero-order valence-electron chi connectivity index (χ0n) is 15.5. The maximum Gasteiger partial charge on any atom is 0.269 e. The molecule has 2 aromatic carbocycles. The lowest BCUT2D eigenvalue weighted by Crippen LogP contribution is -2.52. The average Bonchev–Trinajstić information content (AvgIpc) is 2.68. The van der Waals surface area contributed by atoms with E-state index in [9.17, 15) is 15.2 Å². The Morgan fingerprint density at radius 1 is 1.19 bits per heavy atom. The minimum Gasteiger partial charge on any atom is -0.508 e. The minimum atomic E-state index is -0.350. The van der Waals surface area contributed by atoms with Crippen molar-refractivity contribution >= 4 is 5.69 Å². The normalized spacial score (nSPS) is 25.3. The quantitative estimate of drug-likeness (QED) is 0.628. The van der Waals surface area contributed by atoms with Gasteiger partial charge in [-0.15, -0.1) is 0 Å². The molecule has 0 aromatic heterocycles. The molecular formula is C22H26N2O3. The Balaban J connectivity index is 1.41. The number of benzene rings is 2. The van der Waals surface area contributed by atoms with Crippen LogP contribution in [0, 0.1) is 10.1 Å². The van der Waals surface area contributed by atoms with Crippen molar-refractivity contribution in [2.75, 3.05) is 13.1 Å². The Labute approximate surface area is 159 Å². The SMILES string of the molecule is O=[N+]([O-])c1ccc(CCN2CC[C@@]3(c4cccc(O)c4)CCC[C@@H]2C3)cc1. The van der Waals surface area contributed by atoms with E-state index in [-0.39, 0.29) is 16.0 Å². The minimum absolute atomic E-state index is 0.153. The molecule has 2 bridgehead atoms. The van der Waals surface area contributed by atoms with Gasteiger partial charge in [0.1, 0.15) is 5.75 Å². The molecule has 5 nitrogen and oxygen atoms in total. The van der Waals surface area contributed by atoms with Crippen LogP contribution in [0.2, 0.25) is 0 Å². The second kappa shape index (κ2) is 7.31. The fourth-order valence-electron chi connectivity index (χ4n) is 5.00. The molecule has 1 aliphatic carbocycles. The highest BCUT2D eigenvalue weighted by atomic mass is 16.6. The van der Waals surface area contributed by atoms with Gasteiger partial charge in [0.15, 0.2) is 0 Å². The maximum absolute atomic E-state index is 10.8. The van der Waals surface area contributed by atoms with Gasteiger partial charge in [0, 0.05) is 24.7 Å². The van der Waals surface area contributed by atoms with Gasteiger partial charge in [0.2, 0.25) is 0 Å². The lowest BCUT2D eigenvalue weighted by Gasteiger charge is -2.51. The Hall–Kier alpha value is -2.40. The first-order valence-corrected chi connectivity index (χ1v) is 9.83. The molecule has 2 atom stereocenters. The Morgan fingerprint density at radius 3 is 2.74 bits per heavy atom. The number of phenols is 1. The van der Waals surface area contributed by atoms with Crippen molar-refractivity contribution in [3.63, 3.8) is 0 Å². The predicted octanol–water partition coefficient (Wildman–Crippen LogP) is 4.43. The largest absolute Gasteiger partial charge is 0.508 e. The standard InChI is InChI=1S/C22H26N2O3/c25-21-5-1-3-18(15-21)22-11-2-4-20(16-22)23(14-12-22)13-10-17-6-8-19(9-7-17)24(26)27/h1,3,5-9,15,20,25H,2,4,10-14,16H2/t20-,22+/m1/s1. The number of rotatable bonds is 5. The molecule has 1 aliphatic heterocycles. The van der Waals surface area contributed by atoms with Crippen LogP contribution in [0.1, 0.15) is 43.2 Å². The van der Waals surface area contributed by atoms with Crippen molar-refractivity contribution < 1.29 is 10.0 Å². The van der Waals surface area contributed by atoms with Gasteiger partial charge in [-0.05, 0) is 67.3 Å². The summed E-state index contributed by atoms with van der Waals surface area (Å²) in [5.74, 6) is 0.365. The molecule has 1 heterocycles. The van der Waals surface area contributed by atoms with Gasteiger partial charge < -0.3 is 5.11 Å². The monoisotopic (exact) mass is 366 g/mol. The summed E-state index contributed by atoms with van der Waals surface area (Å²) in [7, 11) is 0. The first-order valence-electron chi connectivity index (χ1n) is 9.83. The number of aromatic hydroxyl groups is 1. The van der Waals surface area contributed by atoms with Gasteiger partial charge in [0.05, 0.1) is 4.92 Å². The first-order chi connectivity index (χ1) is 13.1. The van der Waals surface area contributed by atoms with E-state index in [4.69, 9.17) is 0 Å². The number of hydrogen-bond acceptors (Lipinski definition) is 4. The average molecular weight is 366 g/mol. The molecule has 1 saturated carbocycles. The van der Waals surface area contributed by atoms with Gasteiger partial charge in [0.25, 0.3) is 5.69 Å². The van der Waals surface area contributed by atoms with E-state index in [1.807, 2.05) is 24.3 Å². The first kappa shape index (κ1) is 18.0. The van der Waals surface area contributed by atoms with Crippen LogP contribution in [0.25, 0.3) is 0 Å². The molecule has 5 heteroatoms. The van der Waals surface area contributed by atoms with E-state index in [0.717, 1.165) is 37.9 Å². The zero-order valence-corrected chi connectivity index (χ0v) is 15.5. The number of nitro groups is 1. The van der Waals surface area contributed by atoms with E-state index in [1.165, 1.54) is 24.8 Å². The van der Waals surface area contributed by atoms with E-state index < -0.39 is 0 Å². The fourth-order valence-corrected chi connectivity index (χ4v) is 5.00. The summed E-state index contributed by atoms with van der Waals surface area (Å²) in [6, 6.07) is 15.4. The molecule has 1 N–H and O–H groups in total. The number of nitrogens with zero attached hydrogens (tertiary/aromatic N) is 2. The van der Waals surface area contributed by atoms with E-state index in [1.54, 1.807) is 18.2 Å². The van der Waals surface area contributed by atoms with Crippen LogP contribution < -0.4 is 0 Å². The van der Waals surface area contributed by atoms with Crippen molar-refractivity contribution in [3.8, 4) is 5.75 Å². The van der Waals surface area contributed by atoms with E-state index >= 15 is 0 Å². The van der Waals surface area contributed by atoms with Gasteiger partial charge in [-0.3, -0.25) is 15.0 Å². The van der Waals surface area contributed by atoms with Crippen LogP contribution in [-0.2, 0) is 11.8 Å². The van der Waals surface area contributed by atoms with Crippen LogP contribution >= 0.6 is 0 Å². The second-order valence-electron chi connectivity index (χ2n) is 8.04. The smallest absolute Gasteiger partial charge is 0.269 e. The molecule has 0 radical (unpaired) electrons. The van der Waals surface area contributed by atoms with Crippen molar-refractivity contribution in [1.82, 2.24) is 4.90 Å². The summed E-state index contributed by atoms with van der Waals surface area (Å²) in [5.41, 5.74) is 2.81. The lowest BCUT2D eigenvalue weighted by molar-refractivity contribution is -0.384. The third-order valence-corrected chi connectivity index (χ3v) is 6.51. The number of nitro benzene ring substituents is 1. The lowest BCUT2D eigenvalue weighted by atomic mass is 9.63. The number of fused-ring (bicyclic) bond motifs is 2. The molecular weight excluding hydrogens is 340 g/mol. The highest BCUT2D eigenvalue weighted by Crippen LogP contribution is 2.47. The molecule has 0 amide bonds. The Kier molecular flexibility index (Phi) is 4.87. The van der Waals surface area contributed by atoms with Gasteiger partial charge >= 0.3 is 0 Å². The molecule has 0 spiro atoms. The maximum atomic E-state index is 10.8. The van der Waals surface area contributed by atoms with E-state index in [0.29, 0.717) is 11.8 Å². The fraction of sp³-hybridized carbons (Fsp3) is 0.455. The topological polar surface area (TPSA) is 66.6 Å². The van der Waals surface area contributed by atoms with Crippen LogP contribution in [0.5, 0.6) is 5.75 Å². The van der Waals surface area contributed by atoms with Crippen molar-refractivity contribution in [2.45, 2.75) is 50.0 Å². The third kappa shape index (κ3) is 3.69. The number of phenolic OH excluding ortho intramolecular Hbond substituents is 1. The molecule has 27 heavy (non-hydrogen) atoms. The summed E-state index contributed by atoms with van der Waals surface area (Å²) >= 11 is 0. The predicted molar refractivity (Wildman–Crippen MR) is 105 cm³/mol. The third-order valence-electron chi connectivity index (χ3n) is 6.51. The van der Waals surface area contributed by atoms with Gasteiger partial charge in [-0.2, -0.15) is 0 Å². The summed E-state index contributed by atoms with van der Waals surface area (Å²) in [6.07, 6.45) is 6.90. The number of hydrogen-bond donors (Lipinski definition) is 1.